The van der Waals surface area contributed by atoms with Crippen LogP contribution in [-0.4, -0.2) is 5.97 Å². The lowest BCUT2D eigenvalue weighted by Crippen LogP contribution is -2.04. The average Bonchev–Trinajstić information content (AvgIpc) is 2.77. The number of hydrogen-bond donors (Lipinski definition) is 1. The second-order valence-corrected chi connectivity index (χ2v) is 5.37. The summed E-state index contributed by atoms with van der Waals surface area (Å²) in [6.45, 7) is 1.57. The minimum atomic E-state index is -0.559. The Morgan fingerprint density at radius 3 is 2.85 bits per heavy atom. The highest BCUT2D eigenvalue weighted by Crippen LogP contribution is 2.24. The van der Waals surface area contributed by atoms with Crippen LogP contribution in [0.2, 0.25) is 0 Å². The second-order valence-electron chi connectivity index (χ2n) is 4.12. The number of hydrogen-bond acceptors (Lipinski definition) is 5. The number of halogens is 1. The molecule has 1 heterocycles. The van der Waals surface area contributed by atoms with Crippen LogP contribution in [0.5, 0.6) is 0 Å². The summed E-state index contributed by atoms with van der Waals surface area (Å²) >= 11 is 1.22. The number of nitrogen functional groups attached to an aromatic ring is 1. The first-order valence-electron chi connectivity index (χ1n) is 5.73. The summed E-state index contributed by atoms with van der Waals surface area (Å²) < 4.78 is 18.5. The first-order valence-corrected chi connectivity index (χ1v) is 6.54. The van der Waals surface area contributed by atoms with Gasteiger partial charge in [-0.25, -0.2) is 9.18 Å². The predicted octanol–water partition coefficient (Wildman–Crippen LogP) is 3.01. The monoisotopic (exact) mass is 290 g/mol. The molecule has 0 saturated carbocycles. The Bertz CT molecular complexity index is 684. The average molecular weight is 290 g/mol. The van der Waals surface area contributed by atoms with E-state index >= 15 is 0 Å². The van der Waals surface area contributed by atoms with E-state index in [-0.39, 0.29) is 12.2 Å². The van der Waals surface area contributed by atoms with Crippen LogP contribution in [0.4, 0.5) is 10.1 Å². The van der Waals surface area contributed by atoms with E-state index in [9.17, 15) is 9.18 Å². The zero-order valence-electron chi connectivity index (χ0n) is 10.6. The lowest BCUT2D eigenvalue weighted by molar-refractivity contribution is 0.0475. The van der Waals surface area contributed by atoms with Crippen LogP contribution < -0.4 is 5.73 Å². The van der Waals surface area contributed by atoms with Gasteiger partial charge in [0, 0.05) is 16.1 Å². The molecule has 0 spiro atoms. The zero-order valence-corrected chi connectivity index (χ0v) is 11.5. The van der Waals surface area contributed by atoms with Crippen LogP contribution in [0.15, 0.2) is 24.3 Å². The van der Waals surface area contributed by atoms with Gasteiger partial charge in [0.15, 0.2) is 0 Å². The Balaban J connectivity index is 2.09. The normalized spacial score (nSPS) is 10.1. The van der Waals surface area contributed by atoms with E-state index in [2.05, 4.69) is 0 Å². The number of anilines is 1. The van der Waals surface area contributed by atoms with Crippen molar-refractivity contribution in [2.75, 3.05) is 5.73 Å². The molecule has 0 saturated heterocycles. The molecule has 6 heteroatoms. The molecule has 1 aromatic carbocycles. The third-order valence-electron chi connectivity index (χ3n) is 2.69. The molecule has 2 aromatic rings. The van der Waals surface area contributed by atoms with Crippen LogP contribution >= 0.6 is 11.3 Å². The Hall–Kier alpha value is -2.39. The summed E-state index contributed by atoms with van der Waals surface area (Å²) in [6.07, 6.45) is 0. The standard InChI is InChI=1S/C14H11FN2O2S/c1-8-12(17)5-13(20-8)14(18)19-7-10-4-9(6-16)2-3-11(10)15/h2-5H,7,17H2,1H3. The number of nitrogens with two attached hydrogens (primary N) is 1. The molecule has 0 radical (unpaired) electrons. The molecule has 0 aliphatic heterocycles. The van der Waals surface area contributed by atoms with Crippen molar-refractivity contribution < 1.29 is 13.9 Å². The van der Waals surface area contributed by atoms with Gasteiger partial charge >= 0.3 is 5.97 Å². The number of esters is 1. The largest absolute Gasteiger partial charge is 0.457 e. The van der Waals surface area contributed by atoms with Crippen LogP contribution in [0.1, 0.15) is 25.7 Å². The molecule has 1 aromatic heterocycles. The van der Waals surface area contributed by atoms with Crippen molar-refractivity contribution in [3.8, 4) is 6.07 Å². The maximum atomic E-state index is 13.5. The number of aryl methyl sites for hydroxylation is 1. The summed E-state index contributed by atoms with van der Waals surface area (Å²) in [5.41, 5.74) is 6.66. The topological polar surface area (TPSA) is 76.1 Å². The fourth-order valence-corrected chi connectivity index (χ4v) is 2.40. The molecule has 0 amide bonds. The van der Waals surface area contributed by atoms with E-state index in [4.69, 9.17) is 15.7 Å². The number of carbonyl (C=O) groups is 1. The number of ether oxygens (including phenoxy) is 1. The number of benzene rings is 1. The van der Waals surface area contributed by atoms with Crippen molar-refractivity contribution in [2.24, 2.45) is 0 Å². The second kappa shape index (κ2) is 5.72. The molecule has 4 nitrogen and oxygen atoms in total. The van der Waals surface area contributed by atoms with Gasteiger partial charge in [-0.15, -0.1) is 11.3 Å². The zero-order chi connectivity index (χ0) is 14.7. The fraction of sp³-hybridized carbons (Fsp3) is 0.143. The Morgan fingerprint density at radius 1 is 1.50 bits per heavy atom. The van der Waals surface area contributed by atoms with E-state index in [1.54, 1.807) is 6.92 Å². The molecule has 0 unspecified atom stereocenters. The molecular formula is C14H11FN2O2S. The van der Waals surface area contributed by atoms with E-state index in [0.29, 0.717) is 16.1 Å². The summed E-state index contributed by atoms with van der Waals surface area (Å²) in [5.74, 6) is -1.07. The molecule has 0 aliphatic rings. The Morgan fingerprint density at radius 2 is 2.25 bits per heavy atom. The van der Waals surface area contributed by atoms with Gasteiger partial charge in [0.2, 0.25) is 0 Å². The van der Waals surface area contributed by atoms with Crippen molar-refractivity contribution in [3.05, 3.63) is 51.0 Å². The lowest BCUT2D eigenvalue weighted by Gasteiger charge is -2.05. The van der Waals surface area contributed by atoms with Gasteiger partial charge < -0.3 is 10.5 Å². The van der Waals surface area contributed by atoms with Gasteiger partial charge in [0.25, 0.3) is 0 Å². The van der Waals surface area contributed by atoms with E-state index < -0.39 is 11.8 Å². The van der Waals surface area contributed by atoms with Gasteiger partial charge in [0.1, 0.15) is 17.3 Å². The number of nitriles is 1. The molecule has 2 rings (SSSR count). The van der Waals surface area contributed by atoms with E-state index in [1.807, 2.05) is 6.07 Å². The summed E-state index contributed by atoms with van der Waals surface area (Å²) in [4.78, 5) is 13.0. The predicted molar refractivity (Wildman–Crippen MR) is 73.7 cm³/mol. The molecule has 0 fully saturated rings. The third kappa shape index (κ3) is 2.95. The SMILES string of the molecule is Cc1sc(C(=O)OCc2cc(C#N)ccc2F)cc1N. The molecule has 20 heavy (non-hydrogen) atoms. The van der Waals surface area contributed by atoms with Crippen LogP contribution in [0, 0.1) is 24.1 Å². The van der Waals surface area contributed by atoms with Gasteiger partial charge in [-0.1, -0.05) is 0 Å². The summed E-state index contributed by atoms with van der Waals surface area (Å²) in [6, 6.07) is 7.33. The van der Waals surface area contributed by atoms with Crippen molar-refractivity contribution in [1.82, 2.24) is 0 Å². The highest BCUT2D eigenvalue weighted by atomic mass is 32.1. The Kier molecular flexibility index (Phi) is 4.01. The van der Waals surface area contributed by atoms with Crippen molar-refractivity contribution >= 4 is 23.0 Å². The van der Waals surface area contributed by atoms with Crippen molar-refractivity contribution in [2.45, 2.75) is 13.5 Å². The highest BCUT2D eigenvalue weighted by molar-refractivity contribution is 7.14. The molecular weight excluding hydrogens is 279 g/mol. The van der Waals surface area contributed by atoms with Crippen LogP contribution in [0.3, 0.4) is 0 Å². The van der Waals surface area contributed by atoms with Gasteiger partial charge in [-0.2, -0.15) is 5.26 Å². The summed E-state index contributed by atoms with van der Waals surface area (Å²) in [7, 11) is 0. The van der Waals surface area contributed by atoms with Crippen LogP contribution in [-0.2, 0) is 11.3 Å². The van der Waals surface area contributed by atoms with E-state index in [1.165, 1.54) is 35.6 Å². The minimum absolute atomic E-state index is 0.165. The number of thiophene rings is 1. The van der Waals surface area contributed by atoms with Gasteiger partial charge in [-0.3, -0.25) is 0 Å². The lowest BCUT2D eigenvalue weighted by atomic mass is 10.1. The number of carbonyl (C=O) groups excluding carboxylic acids is 1. The molecule has 0 bridgehead atoms. The fourth-order valence-electron chi connectivity index (χ4n) is 1.57. The van der Waals surface area contributed by atoms with Crippen molar-refractivity contribution in [1.29, 1.82) is 5.26 Å². The quantitative estimate of drug-likeness (QED) is 0.882. The molecule has 2 N–H and O–H groups in total. The van der Waals surface area contributed by atoms with Crippen LogP contribution in [0.25, 0.3) is 0 Å². The minimum Gasteiger partial charge on any atom is -0.457 e. The first kappa shape index (κ1) is 14.0. The van der Waals surface area contributed by atoms with Crippen molar-refractivity contribution in [3.63, 3.8) is 0 Å². The summed E-state index contributed by atoms with van der Waals surface area (Å²) in [5, 5.41) is 8.75. The molecule has 0 aliphatic carbocycles. The molecule has 102 valence electrons. The highest BCUT2D eigenvalue weighted by Gasteiger charge is 2.13. The third-order valence-corrected chi connectivity index (χ3v) is 3.74. The smallest absolute Gasteiger partial charge is 0.348 e. The maximum Gasteiger partial charge on any atom is 0.348 e. The Labute approximate surface area is 119 Å². The van der Waals surface area contributed by atoms with E-state index in [0.717, 1.165) is 4.88 Å². The van der Waals surface area contributed by atoms with Gasteiger partial charge in [0.05, 0.1) is 11.6 Å². The number of nitrogens with zero attached hydrogens (tertiary/aromatic N) is 1. The number of rotatable bonds is 3. The maximum absolute atomic E-state index is 13.5. The van der Waals surface area contributed by atoms with Gasteiger partial charge in [-0.05, 0) is 31.2 Å². The molecule has 0 atom stereocenters. The first-order chi connectivity index (χ1) is 9.51.